The van der Waals surface area contributed by atoms with Gasteiger partial charge in [0.1, 0.15) is 28.7 Å². The Hall–Kier alpha value is -3.13. The van der Waals surface area contributed by atoms with E-state index in [2.05, 4.69) is 26.9 Å². The minimum atomic E-state index is -2.50. The molecule has 2 fully saturated rings. The van der Waals surface area contributed by atoms with E-state index in [0.29, 0.717) is 12.1 Å². The zero-order chi connectivity index (χ0) is 27.1. The van der Waals surface area contributed by atoms with Crippen LogP contribution in [0, 0.1) is 23.7 Å². The Bertz CT molecular complexity index is 1560. The van der Waals surface area contributed by atoms with E-state index in [-0.39, 0.29) is 11.1 Å². The molecule has 0 N–H and O–H groups in total. The molecule has 0 radical (unpaired) electrons. The van der Waals surface area contributed by atoms with Gasteiger partial charge in [0, 0.05) is 60.9 Å². The molecule has 0 unspecified atom stereocenters. The number of nitriles is 1. The summed E-state index contributed by atoms with van der Waals surface area (Å²) in [7, 11) is 1.73. The summed E-state index contributed by atoms with van der Waals surface area (Å²) in [5, 5.41) is 11.5. The smallest absolute Gasteiger partial charge is 0.256 e. The number of hydrogen-bond donors (Lipinski definition) is 0. The minimum Gasteiger partial charge on any atom is -0.384 e. The molecule has 3 aromatic heterocycles. The first kappa shape index (κ1) is 26.1. The zero-order valence-corrected chi connectivity index (χ0v) is 23.1. The van der Waals surface area contributed by atoms with Gasteiger partial charge in [-0.25, -0.2) is 18.7 Å². The Balaban J connectivity index is 1.17. The average Bonchev–Trinajstić information content (AvgIpc) is 3.70. The summed E-state index contributed by atoms with van der Waals surface area (Å²) in [5.41, 5.74) is 3.47. The lowest BCUT2D eigenvalue weighted by Crippen LogP contribution is -2.31. The molecule has 6 rings (SSSR count). The number of nitrogens with zero attached hydrogens (tertiary/aromatic N) is 6. The van der Waals surface area contributed by atoms with Crippen LogP contribution in [0.15, 0.2) is 30.6 Å². The highest BCUT2D eigenvalue weighted by Crippen LogP contribution is 2.43. The monoisotopic (exact) mass is 550 g/mol. The number of aryl methyl sites for hydroxylation is 1. The standard InChI is InChI=1S/C29H32F2N6OS/c1-19-20(3-4-25-23(19)11-21(13-32)37(25)15-26(30)31)14-35-8-6-29(16-35)7-9-36(17-29)27-24-12-22(5-10-38-2)39-28(24)34-18-33-27/h3-4,11-12,18,26H,5-10,14-17H2,1-2H3/t29-/m1/s1. The molecule has 204 valence electrons. The van der Waals surface area contributed by atoms with Crippen molar-refractivity contribution in [3.05, 3.63) is 52.3 Å². The van der Waals surface area contributed by atoms with Crippen molar-refractivity contribution in [1.29, 1.82) is 5.26 Å². The number of benzene rings is 1. The number of thiophene rings is 1. The summed E-state index contributed by atoms with van der Waals surface area (Å²) in [4.78, 5) is 16.5. The first-order valence-corrected chi connectivity index (χ1v) is 14.2. The number of halogens is 2. The van der Waals surface area contributed by atoms with Crippen LogP contribution in [0.1, 0.15) is 34.5 Å². The van der Waals surface area contributed by atoms with Gasteiger partial charge in [0.2, 0.25) is 0 Å². The van der Waals surface area contributed by atoms with Gasteiger partial charge >= 0.3 is 0 Å². The second-order valence-corrected chi connectivity index (χ2v) is 12.0. The molecule has 2 aliphatic rings. The van der Waals surface area contributed by atoms with E-state index in [1.165, 1.54) is 15.0 Å². The number of anilines is 1. The van der Waals surface area contributed by atoms with Gasteiger partial charge in [-0.05, 0) is 55.6 Å². The highest BCUT2D eigenvalue weighted by Gasteiger charge is 2.44. The van der Waals surface area contributed by atoms with Crippen molar-refractivity contribution in [3.63, 3.8) is 0 Å². The largest absolute Gasteiger partial charge is 0.384 e. The summed E-state index contributed by atoms with van der Waals surface area (Å²) >= 11 is 1.72. The van der Waals surface area contributed by atoms with Crippen molar-refractivity contribution < 1.29 is 13.5 Å². The van der Waals surface area contributed by atoms with E-state index in [9.17, 15) is 14.0 Å². The molecular weight excluding hydrogens is 518 g/mol. The third kappa shape index (κ3) is 4.88. The molecule has 0 amide bonds. The zero-order valence-electron chi connectivity index (χ0n) is 22.3. The Labute approximate surface area is 230 Å². The van der Waals surface area contributed by atoms with E-state index in [0.717, 1.165) is 79.0 Å². The van der Waals surface area contributed by atoms with Gasteiger partial charge in [0.15, 0.2) is 0 Å². The minimum absolute atomic E-state index is 0.235. The Morgan fingerprint density at radius 2 is 2.00 bits per heavy atom. The SMILES string of the molecule is COCCc1cc2c(N3CC[C@@]4(CCN(Cc5ccc6c(cc(C#N)n6CC(F)F)c5C)C4)C3)ncnc2s1. The molecule has 1 spiro atoms. The average molecular weight is 551 g/mol. The van der Waals surface area contributed by atoms with Gasteiger partial charge in [-0.1, -0.05) is 6.07 Å². The van der Waals surface area contributed by atoms with Crippen LogP contribution in [0.4, 0.5) is 14.6 Å². The topological polar surface area (TPSA) is 70.2 Å². The maximum atomic E-state index is 13.1. The van der Waals surface area contributed by atoms with Crippen molar-refractivity contribution in [2.45, 2.75) is 45.7 Å². The lowest BCUT2D eigenvalue weighted by Gasteiger charge is -2.25. The lowest BCUT2D eigenvalue weighted by molar-refractivity contribution is 0.128. The molecule has 0 saturated carbocycles. The van der Waals surface area contributed by atoms with Gasteiger partial charge in [0.25, 0.3) is 6.43 Å². The fraction of sp³-hybridized carbons (Fsp3) is 0.483. The van der Waals surface area contributed by atoms with Gasteiger partial charge in [-0.2, -0.15) is 5.26 Å². The molecule has 1 aromatic carbocycles. The molecule has 5 heterocycles. The first-order chi connectivity index (χ1) is 18.9. The van der Waals surface area contributed by atoms with Crippen LogP contribution in [0.25, 0.3) is 21.1 Å². The highest BCUT2D eigenvalue weighted by molar-refractivity contribution is 7.18. The fourth-order valence-corrected chi connectivity index (χ4v) is 7.41. The van der Waals surface area contributed by atoms with E-state index in [1.807, 2.05) is 19.1 Å². The molecule has 4 aromatic rings. The van der Waals surface area contributed by atoms with Gasteiger partial charge in [-0.3, -0.25) is 4.90 Å². The van der Waals surface area contributed by atoms with Gasteiger partial charge in [0.05, 0.1) is 18.5 Å². The van der Waals surface area contributed by atoms with Crippen LogP contribution < -0.4 is 4.90 Å². The number of fused-ring (bicyclic) bond motifs is 2. The van der Waals surface area contributed by atoms with Crippen LogP contribution >= 0.6 is 11.3 Å². The molecule has 0 aliphatic carbocycles. The van der Waals surface area contributed by atoms with Crippen molar-refractivity contribution >= 4 is 38.3 Å². The van der Waals surface area contributed by atoms with Gasteiger partial charge < -0.3 is 14.2 Å². The number of alkyl halides is 2. The third-order valence-electron chi connectivity index (χ3n) is 8.46. The highest BCUT2D eigenvalue weighted by atomic mass is 32.1. The van der Waals surface area contributed by atoms with Gasteiger partial charge in [-0.15, -0.1) is 11.3 Å². The number of rotatable bonds is 8. The Kier molecular flexibility index (Phi) is 7.00. The maximum absolute atomic E-state index is 13.1. The Morgan fingerprint density at radius 1 is 1.15 bits per heavy atom. The van der Waals surface area contributed by atoms with Crippen LogP contribution in [-0.2, 0) is 24.2 Å². The van der Waals surface area contributed by atoms with Crippen LogP contribution in [0.2, 0.25) is 0 Å². The third-order valence-corrected chi connectivity index (χ3v) is 9.57. The van der Waals surface area contributed by atoms with E-state index in [1.54, 1.807) is 30.8 Å². The van der Waals surface area contributed by atoms with E-state index in [4.69, 9.17) is 9.72 Å². The molecule has 10 heteroatoms. The lowest BCUT2D eigenvalue weighted by atomic mass is 9.86. The molecule has 7 nitrogen and oxygen atoms in total. The van der Waals surface area contributed by atoms with Crippen LogP contribution in [0.5, 0.6) is 0 Å². The van der Waals surface area contributed by atoms with E-state index >= 15 is 0 Å². The summed E-state index contributed by atoms with van der Waals surface area (Å²) in [6.45, 7) is 7.11. The summed E-state index contributed by atoms with van der Waals surface area (Å²) < 4.78 is 33.0. The predicted molar refractivity (Wildman–Crippen MR) is 150 cm³/mol. The number of ether oxygens (including phenoxy) is 1. The second-order valence-electron chi connectivity index (χ2n) is 10.9. The predicted octanol–water partition coefficient (Wildman–Crippen LogP) is 5.38. The Morgan fingerprint density at radius 3 is 2.79 bits per heavy atom. The van der Waals surface area contributed by atoms with Crippen molar-refractivity contribution in [2.24, 2.45) is 5.41 Å². The number of aromatic nitrogens is 3. The molecule has 2 aliphatic heterocycles. The van der Waals surface area contributed by atoms with Crippen LogP contribution in [0.3, 0.4) is 0 Å². The summed E-state index contributed by atoms with van der Waals surface area (Å²) in [5.74, 6) is 1.04. The van der Waals surface area contributed by atoms with Crippen molar-refractivity contribution in [2.75, 3.05) is 44.8 Å². The summed E-state index contributed by atoms with van der Waals surface area (Å²) in [6.07, 6.45) is 2.34. The summed E-state index contributed by atoms with van der Waals surface area (Å²) in [6, 6.07) is 10.0. The molecular formula is C29H32F2N6OS. The first-order valence-electron chi connectivity index (χ1n) is 13.4. The van der Waals surface area contributed by atoms with Crippen molar-refractivity contribution in [1.82, 2.24) is 19.4 Å². The number of methoxy groups -OCH3 is 1. The van der Waals surface area contributed by atoms with Crippen LogP contribution in [-0.4, -0.2) is 65.8 Å². The quantitative estimate of drug-likeness (QED) is 0.293. The second kappa shape index (κ2) is 10.5. The normalized spacial score (nSPS) is 19.8. The van der Waals surface area contributed by atoms with E-state index < -0.39 is 13.0 Å². The fourth-order valence-electron chi connectivity index (χ4n) is 6.44. The maximum Gasteiger partial charge on any atom is 0.256 e. The molecule has 0 bridgehead atoms. The van der Waals surface area contributed by atoms with Crippen molar-refractivity contribution in [3.8, 4) is 6.07 Å². The molecule has 39 heavy (non-hydrogen) atoms. The molecule has 1 atom stereocenters. The number of likely N-dealkylation sites (tertiary alicyclic amines) is 1. The molecule has 2 saturated heterocycles. The number of hydrogen-bond acceptors (Lipinski definition) is 7.